The van der Waals surface area contributed by atoms with Crippen LogP contribution in [0.2, 0.25) is 0 Å². The summed E-state index contributed by atoms with van der Waals surface area (Å²) in [5, 5.41) is 8.50. The second kappa shape index (κ2) is 6.35. The van der Waals surface area contributed by atoms with Crippen molar-refractivity contribution >= 4 is 22.6 Å². The summed E-state index contributed by atoms with van der Waals surface area (Å²) >= 11 is 2.29. The van der Waals surface area contributed by atoms with Crippen LogP contribution in [0.25, 0.3) is 16.9 Å². The smallest absolute Gasteiger partial charge is 0.150 e. The van der Waals surface area contributed by atoms with Gasteiger partial charge in [0.15, 0.2) is 5.69 Å². The van der Waals surface area contributed by atoms with E-state index >= 15 is 0 Å². The van der Waals surface area contributed by atoms with E-state index in [-0.39, 0.29) is 0 Å². The van der Waals surface area contributed by atoms with Crippen molar-refractivity contribution in [1.29, 1.82) is 0 Å². The summed E-state index contributed by atoms with van der Waals surface area (Å²) in [4.78, 5) is 0. The second-order valence-electron chi connectivity index (χ2n) is 4.54. The van der Waals surface area contributed by atoms with Crippen molar-refractivity contribution < 1.29 is 9.47 Å². The molecule has 22 heavy (non-hydrogen) atoms. The zero-order valence-corrected chi connectivity index (χ0v) is 14.3. The average Bonchev–Trinajstić information content (AvgIpc) is 3.03. The highest BCUT2D eigenvalue weighted by molar-refractivity contribution is 14.1. The number of hydrogen-bond acceptors (Lipinski definition) is 4. The molecular formula is C16H14IN3O2. The van der Waals surface area contributed by atoms with Crippen LogP contribution in [0, 0.1) is 3.57 Å². The largest absolute Gasteiger partial charge is 0.494 e. The van der Waals surface area contributed by atoms with Crippen LogP contribution in [0.1, 0.15) is 0 Å². The fraction of sp³-hybridized carbons (Fsp3) is 0.125. The molecule has 6 heteroatoms. The molecule has 1 heterocycles. The van der Waals surface area contributed by atoms with Crippen LogP contribution in [-0.4, -0.2) is 29.2 Å². The van der Waals surface area contributed by atoms with Gasteiger partial charge in [-0.25, -0.2) is 4.68 Å². The fourth-order valence-electron chi connectivity index (χ4n) is 2.22. The molecule has 0 unspecified atom stereocenters. The van der Waals surface area contributed by atoms with Crippen molar-refractivity contribution in [2.75, 3.05) is 14.2 Å². The first kappa shape index (κ1) is 14.8. The number of ether oxygens (including phenoxy) is 2. The second-order valence-corrected chi connectivity index (χ2v) is 5.70. The fourth-order valence-corrected chi connectivity index (χ4v) is 2.89. The van der Waals surface area contributed by atoms with E-state index in [2.05, 4.69) is 32.9 Å². The monoisotopic (exact) mass is 407 g/mol. The Kier molecular flexibility index (Phi) is 4.28. The van der Waals surface area contributed by atoms with Crippen LogP contribution in [0.15, 0.2) is 48.7 Å². The first-order chi connectivity index (χ1) is 10.7. The Hall–Kier alpha value is -2.09. The molecule has 3 rings (SSSR count). The van der Waals surface area contributed by atoms with Gasteiger partial charge in [0, 0.05) is 9.13 Å². The van der Waals surface area contributed by atoms with Crippen LogP contribution in [0.5, 0.6) is 11.5 Å². The lowest BCUT2D eigenvalue weighted by Crippen LogP contribution is -2.01. The van der Waals surface area contributed by atoms with Crippen molar-refractivity contribution in [2.45, 2.75) is 0 Å². The third kappa shape index (κ3) is 2.66. The van der Waals surface area contributed by atoms with Gasteiger partial charge in [0.2, 0.25) is 0 Å². The Morgan fingerprint density at radius 1 is 0.955 bits per heavy atom. The molecule has 0 aliphatic carbocycles. The van der Waals surface area contributed by atoms with Crippen LogP contribution >= 0.6 is 22.6 Å². The van der Waals surface area contributed by atoms with E-state index in [1.165, 1.54) is 0 Å². The molecule has 0 spiro atoms. The third-order valence-corrected chi connectivity index (χ3v) is 4.21. The van der Waals surface area contributed by atoms with Gasteiger partial charge in [-0.2, -0.15) is 0 Å². The quantitative estimate of drug-likeness (QED) is 0.621. The van der Waals surface area contributed by atoms with E-state index in [0.717, 1.165) is 20.5 Å². The van der Waals surface area contributed by atoms with Gasteiger partial charge in [0.1, 0.15) is 17.2 Å². The molecule has 0 saturated carbocycles. The summed E-state index contributed by atoms with van der Waals surface area (Å²) in [6.07, 6.45) is 1.87. The van der Waals surface area contributed by atoms with E-state index < -0.39 is 0 Å². The van der Waals surface area contributed by atoms with Crippen molar-refractivity contribution in [3.63, 3.8) is 0 Å². The molecule has 2 aromatic carbocycles. The number of hydrogen-bond donors (Lipinski definition) is 0. The molecule has 112 valence electrons. The molecule has 0 aliphatic heterocycles. The SMILES string of the molecule is COc1cccc(OC)c1-n1cc(-c2ccccc2I)nn1. The van der Waals surface area contributed by atoms with Gasteiger partial charge in [-0.1, -0.05) is 29.5 Å². The Bertz CT molecular complexity index is 779. The van der Waals surface area contributed by atoms with E-state index in [4.69, 9.17) is 9.47 Å². The molecule has 0 amide bonds. The summed E-state index contributed by atoms with van der Waals surface area (Å²) in [6, 6.07) is 13.7. The molecule has 0 radical (unpaired) electrons. The predicted molar refractivity (Wildman–Crippen MR) is 92.6 cm³/mol. The number of benzene rings is 2. The Balaban J connectivity index is 2.11. The van der Waals surface area contributed by atoms with E-state index in [1.807, 2.05) is 48.7 Å². The van der Waals surface area contributed by atoms with Gasteiger partial charge in [0.05, 0.1) is 20.4 Å². The molecule has 0 fully saturated rings. The number of aromatic nitrogens is 3. The number of para-hydroxylation sites is 1. The maximum atomic E-state index is 5.41. The molecule has 0 bridgehead atoms. The summed E-state index contributed by atoms with van der Waals surface area (Å²) in [5.41, 5.74) is 2.58. The zero-order chi connectivity index (χ0) is 15.5. The van der Waals surface area contributed by atoms with Crippen molar-refractivity contribution in [3.05, 3.63) is 52.2 Å². The lowest BCUT2D eigenvalue weighted by atomic mass is 10.2. The van der Waals surface area contributed by atoms with Crippen molar-refractivity contribution in [1.82, 2.24) is 15.0 Å². The lowest BCUT2D eigenvalue weighted by Gasteiger charge is -2.11. The summed E-state index contributed by atoms with van der Waals surface area (Å²) in [5.74, 6) is 1.36. The van der Waals surface area contributed by atoms with Crippen LogP contribution in [0.3, 0.4) is 0 Å². The molecule has 0 atom stereocenters. The Morgan fingerprint density at radius 2 is 1.64 bits per heavy atom. The highest BCUT2D eigenvalue weighted by Crippen LogP contribution is 2.32. The minimum absolute atomic E-state index is 0.679. The number of halogens is 1. The topological polar surface area (TPSA) is 49.2 Å². The van der Waals surface area contributed by atoms with Crippen molar-refractivity contribution in [3.8, 4) is 28.4 Å². The third-order valence-electron chi connectivity index (χ3n) is 3.27. The highest BCUT2D eigenvalue weighted by Gasteiger charge is 2.15. The zero-order valence-electron chi connectivity index (χ0n) is 12.2. The Labute approximate surface area is 142 Å². The molecule has 5 nitrogen and oxygen atoms in total. The van der Waals surface area contributed by atoms with Crippen molar-refractivity contribution in [2.24, 2.45) is 0 Å². The Morgan fingerprint density at radius 3 is 2.27 bits per heavy atom. The van der Waals surface area contributed by atoms with E-state index in [1.54, 1.807) is 18.9 Å². The molecular weight excluding hydrogens is 393 g/mol. The summed E-state index contributed by atoms with van der Waals surface area (Å²) in [6.45, 7) is 0. The maximum absolute atomic E-state index is 5.41. The lowest BCUT2D eigenvalue weighted by molar-refractivity contribution is 0.388. The number of nitrogens with zero attached hydrogens (tertiary/aromatic N) is 3. The molecule has 0 N–H and O–H groups in total. The number of methoxy groups -OCH3 is 2. The van der Waals surface area contributed by atoms with E-state index in [9.17, 15) is 0 Å². The van der Waals surface area contributed by atoms with E-state index in [0.29, 0.717) is 11.5 Å². The van der Waals surface area contributed by atoms with Gasteiger partial charge < -0.3 is 9.47 Å². The van der Waals surface area contributed by atoms with Gasteiger partial charge in [-0.3, -0.25) is 0 Å². The van der Waals surface area contributed by atoms with Gasteiger partial charge in [-0.05, 0) is 40.8 Å². The summed E-state index contributed by atoms with van der Waals surface area (Å²) < 4.78 is 13.6. The standard InChI is InChI=1S/C16H14IN3O2/c1-21-14-8-5-9-15(22-2)16(14)20-10-13(18-19-20)11-6-3-4-7-12(11)17/h3-10H,1-2H3. The number of rotatable bonds is 4. The maximum Gasteiger partial charge on any atom is 0.150 e. The highest BCUT2D eigenvalue weighted by atomic mass is 127. The van der Waals surface area contributed by atoms with Crippen LogP contribution < -0.4 is 9.47 Å². The van der Waals surface area contributed by atoms with Gasteiger partial charge in [0.25, 0.3) is 0 Å². The van der Waals surface area contributed by atoms with Crippen LogP contribution in [-0.2, 0) is 0 Å². The molecule has 3 aromatic rings. The van der Waals surface area contributed by atoms with Crippen LogP contribution in [0.4, 0.5) is 0 Å². The average molecular weight is 407 g/mol. The normalized spacial score (nSPS) is 10.5. The first-order valence-electron chi connectivity index (χ1n) is 6.63. The minimum atomic E-state index is 0.679. The predicted octanol–water partition coefficient (Wildman–Crippen LogP) is 3.56. The molecule has 1 aromatic heterocycles. The minimum Gasteiger partial charge on any atom is -0.494 e. The van der Waals surface area contributed by atoms with Gasteiger partial charge >= 0.3 is 0 Å². The first-order valence-corrected chi connectivity index (χ1v) is 7.71. The molecule has 0 saturated heterocycles. The summed E-state index contributed by atoms with van der Waals surface area (Å²) in [7, 11) is 3.24. The van der Waals surface area contributed by atoms with Gasteiger partial charge in [-0.15, -0.1) is 5.10 Å². The molecule has 0 aliphatic rings.